The number of aryl methyl sites for hydroxylation is 1. The minimum absolute atomic E-state index is 0.0133. The molecule has 2 rings (SSSR count). The van der Waals surface area contributed by atoms with Gasteiger partial charge in [-0.3, -0.25) is 0 Å². The molecule has 5 nitrogen and oxygen atoms in total. The van der Waals surface area contributed by atoms with Gasteiger partial charge in [0.15, 0.2) is 5.82 Å². The molecular weight excluding hydrogens is 178 g/mol. The van der Waals surface area contributed by atoms with Gasteiger partial charge in [-0.25, -0.2) is 0 Å². The highest BCUT2D eigenvalue weighted by molar-refractivity contribution is 4.94. The van der Waals surface area contributed by atoms with Crippen LogP contribution in [0.3, 0.4) is 0 Å². The number of rotatable bonds is 3. The van der Waals surface area contributed by atoms with Crippen molar-refractivity contribution in [3.05, 3.63) is 12.2 Å². The van der Waals surface area contributed by atoms with Crippen molar-refractivity contribution in [2.75, 3.05) is 19.6 Å². The molecule has 2 N–H and O–H groups in total. The van der Waals surface area contributed by atoms with E-state index in [4.69, 9.17) is 5.73 Å². The Balaban J connectivity index is 1.95. The second-order valence-electron chi connectivity index (χ2n) is 3.91. The molecule has 0 aromatic carbocycles. The summed E-state index contributed by atoms with van der Waals surface area (Å²) in [4.78, 5) is 2.39. The molecule has 0 amide bonds. The Morgan fingerprint density at radius 1 is 1.50 bits per heavy atom. The van der Waals surface area contributed by atoms with E-state index in [1.807, 2.05) is 11.6 Å². The van der Waals surface area contributed by atoms with Crippen LogP contribution in [0.5, 0.6) is 0 Å². The van der Waals surface area contributed by atoms with Crippen molar-refractivity contribution in [3.8, 4) is 0 Å². The first kappa shape index (κ1) is 9.61. The van der Waals surface area contributed by atoms with E-state index in [2.05, 4.69) is 15.1 Å². The van der Waals surface area contributed by atoms with Gasteiger partial charge in [0.05, 0.1) is 6.04 Å². The summed E-state index contributed by atoms with van der Waals surface area (Å²) in [7, 11) is 1.93. The van der Waals surface area contributed by atoms with Crippen LogP contribution < -0.4 is 5.73 Å². The van der Waals surface area contributed by atoms with E-state index in [-0.39, 0.29) is 6.04 Å². The third kappa shape index (κ3) is 1.93. The smallest absolute Gasteiger partial charge is 0.150 e. The van der Waals surface area contributed by atoms with Crippen LogP contribution in [-0.4, -0.2) is 39.3 Å². The first-order chi connectivity index (χ1) is 6.77. The second kappa shape index (κ2) is 4.06. The van der Waals surface area contributed by atoms with Crippen LogP contribution >= 0.6 is 0 Å². The number of hydrogen-bond donors (Lipinski definition) is 1. The zero-order chi connectivity index (χ0) is 9.97. The highest BCUT2D eigenvalue weighted by atomic mass is 15.3. The third-order valence-electron chi connectivity index (χ3n) is 2.73. The Kier molecular flexibility index (Phi) is 2.79. The fourth-order valence-electron chi connectivity index (χ4n) is 1.95. The molecule has 78 valence electrons. The molecule has 1 saturated heterocycles. The van der Waals surface area contributed by atoms with Crippen LogP contribution in [0.2, 0.25) is 0 Å². The standard InChI is InChI=1S/C9H17N5/c1-13-7-11-12-9(13)8(10)6-14-4-2-3-5-14/h7-8H,2-6,10H2,1H3. The topological polar surface area (TPSA) is 60.0 Å². The van der Waals surface area contributed by atoms with E-state index in [9.17, 15) is 0 Å². The van der Waals surface area contributed by atoms with Gasteiger partial charge < -0.3 is 15.2 Å². The number of likely N-dealkylation sites (tertiary alicyclic amines) is 1. The normalized spacial score (nSPS) is 20.1. The van der Waals surface area contributed by atoms with Crippen LogP contribution in [-0.2, 0) is 7.05 Å². The Morgan fingerprint density at radius 2 is 2.21 bits per heavy atom. The number of hydrogen-bond acceptors (Lipinski definition) is 4. The van der Waals surface area contributed by atoms with Crippen molar-refractivity contribution >= 4 is 0 Å². The van der Waals surface area contributed by atoms with E-state index in [1.165, 1.54) is 25.9 Å². The van der Waals surface area contributed by atoms with Crippen LogP contribution in [0.4, 0.5) is 0 Å². The minimum atomic E-state index is -0.0133. The second-order valence-corrected chi connectivity index (χ2v) is 3.91. The number of aromatic nitrogens is 3. The van der Waals surface area contributed by atoms with Crippen LogP contribution in [0, 0.1) is 0 Å². The van der Waals surface area contributed by atoms with Crippen molar-refractivity contribution < 1.29 is 0 Å². The maximum atomic E-state index is 6.06. The molecule has 0 bridgehead atoms. The predicted molar refractivity (Wildman–Crippen MR) is 53.6 cm³/mol. The number of nitrogens with zero attached hydrogens (tertiary/aromatic N) is 4. The first-order valence-electron chi connectivity index (χ1n) is 5.09. The van der Waals surface area contributed by atoms with Gasteiger partial charge in [-0.1, -0.05) is 0 Å². The molecule has 0 aliphatic carbocycles. The van der Waals surface area contributed by atoms with Gasteiger partial charge >= 0.3 is 0 Å². The summed E-state index contributed by atoms with van der Waals surface area (Å²) in [5, 5.41) is 7.85. The summed E-state index contributed by atoms with van der Waals surface area (Å²) in [6.45, 7) is 3.24. The van der Waals surface area contributed by atoms with Crippen molar-refractivity contribution in [2.45, 2.75) is 18.9 Å². The number of nitrogens with two attached hydrogens (primary N) is 1. The fraction of sp³-hybridized carbons (Fsp3) is 0.778. The van der Waals surface area contributed by atoms with Gasteiger partial charge in [0.1, 0.15) is 6.33 Å². The van der Waals surface area contributed by atoms with Crippen molar-refractivity contribution in [2.24, 2.45) is 12.8 Å². The predicted octanol–water partition coefficient (Wildman–Crippen LogP) is -0.0893. The Hall–Kier alpha value is -0.940. The zero-order valence-corrected chi connectivity index (χ0v) is 8.56. The Labute approximate surface area is 83.9 Å². The highest BCUT2D eigenvalue weighted by Crippen LogP contribution is 2.12. The van der Waals surface area contributed by atoms with Crippen LogP contribution in [0.15, 0.2) is 6.33 Å². The zero-order valence-electron chi connectivity index (χ0n) is 8.56. The lowest BCUT2D eigenvalue weighted by Gasteiger charge is -2.19. The summed E-state index contributed by atoms with van der Waals surface area (Å²) in [5.41, 5.74) is 6.06. The monoisotopic (exact) mass is 195 g/mol. The fourth-order valence-corrected chi connectivity index (χ4v) is 1.95. The molecular formula is C9H17N5. The van der Waals surface area contributed by atoms with Gasteiger partial charge in [-0.2, -0.15) is 0 Å². The van der Waals surface area contributed by atoms with E-state index in [0.717, 1.165) is 12.4 Å². The summed E-state index contributed by atoms with van der Waals surface area (Å²) in [6.07, 6.45) is 4.29. The molecule has 2 heterocycles. The van der Waals surface area contributed by atoms with Crippen molar-refractivity contribution in [3.63, 3.8) is 0 Å². The molecule has 1 atom stereocenters. The largest absolute Gasteiger partial charge is 0.320 e. The lowest BCUT2D eigenvalue weighted by Crippen LogP contribution is -2.31. The van der Waals surface area contributed by atoms with Gasteiger partial charge in [0, 0.05) is 13.6 Å². The maximum absolute atomic E-state index is 6.06. The van der Waals surface area contributed by atoms with Crippen molar-refractivity contribution in [1.29, 1.82) is 0 Å². The van der Waals surface area contributed by atoms with E-state index in [0.29, 0.717) is 0 Å². The van der Waals surface area contributed by atoms with Gasteiger partial charge in [0.2, 0.25) is 0 Å². The molecule has 1 aromatic heterocycles. The molecule has 1 fully saturated rings. The summed E-state index contributed by atoms with van der Waals surface area (Å²) < 4.78 is 1.89. The average Bonchev–Trinajstić information content (AvgIpc) is 2.75. The van der Waals surface area contributed by atoms with Crippen LogP contribution in [0.25, 0.3) is 0 Å². The molecule has 0 radical (unpaired) electrons. The molecule has 1 aliphatic heterocycles. The minimum Gasteiger partial charge on any atom is -0.320 e. The molecule has 1 aliphatic rings. The molecule has 0 spiro atoms. The molecule has 1 unspecified atom stereocenters. The van der Waals surface area contributed by atoms with Gasteiger partial charge in [-0.05, 0) is 25.9 Å². The summed E-state index contributed by atoms with van der Waals surface area (Å²) in [6, 6.07) is -0.0133. The third-order valence-corrected chi connectivity index (χ3v) is 2.73. The SMILES string of the molecule is Cn1cnnc1C(N)CN1CCCC1. The lowest BCUT2D eigenvalue weighted by atomic mass is 10.3. The first-order valence-corrected chi connectivity index (χ1v) is 5.09. The van der Waals surface area contributed by atoms with E-state index in [1.54, 1.807) is 6.33 Å². The lowest BCUT2D eigenvalue weighted by molar-refractivity contribution is 0.309. The van der Waals surface area contributed by atoms with E-state index < -0.39 is 0 Å². The summed E-state index contributed by atoms with van der Waals surface area (Å²) in [5.74, 6) is 0.872. The molecule has 1 aromatic rings. The van der Waals surface area contributed by atoms with Gasteiger partial charge in [0.25, 0.3) is 0 Å². The van der Waals surface area contributed by atoms with Crippen molar-refractivity contribution in [1.82, 2.24) is 19.7 Å². The maximum Gasteiger partial charge on any atom is 0.150 e. The van der Waals surface area contributed by atoms with Crippen LogP contribution in [0.1, 0.15) is 24.7 Å². The Morgan fingerprint density at radius 3 is 2.79 bits per heavy atom. The average molecular weight is 195 g/mol. The Bertz CT molecular complexity index is 289. The quantitative estimate of drug-likeness (QED) is 0.732. The molecule has 5 heteroatoms. The highest BCUT2D eigenvalue weighted by Gasteiger charge is 2.18. The van der Waals surface area contributed by atoms with Gasteiger partial charge in [-0.15, -0.1) is 10.2 Å². The summed E-state index contributed by atoms with van der Waals surface area (Å²) >= 11 is 0. The molecule has 0 saturated carbocycles. The van der Waals surface area contributed by atoms with E-state index >= 15 is 0 Å². The molecule has 14 heavy (non-hydrogen) atoms.